The van der Waals surface area contributed by atoms with Gasteiger partial charge in [-0.3, -0.25) is 4.79 Å². The molecule has 0 saturated heterocycles. The molecule has 0 bridgehead atoms. The van der Waals surface area contributed by atoms with Crippen LogP contribution >= 0.6 is 0 Å². The summed E-state index contributed by atoms with van der Waals surface area (Å²) in [4.78, 5) is 13.3. The maximum atomic E-state index is 13.3. The third kappa shape index (κ3) is 19.2. The summed E-state index contributed by atoms with van der Waals surface area (Å²) in [5.74, 6) is 1.09. The molecule has 0 aliphatic carbocycles. The molecule has 0 heterocycles. The minimum Gasteiger partial charge on any atom is -0.395 e. The highest BCUT2D eigenvalue weighted by Crippen LogP contribution is 2.26. The molecular weight excluding hydrogens is 533 g/mol. The van der Waals surface area contributed by atoms with Crippen LogP contribution in [0.1, 0.15) is 144 Å². The van der Waals surface area contributed by atoms with Crippen molar-refractivity contribution in [2.45, 2.75) is 169 Å². The average Bonchev–Trinajstić information content (AvgIpc) is 2.91. The smallest absolute Gasteiger partial charge is 0.334 e. The Morgan fingerprint density at radius 2 is 0.750 bits per heavy atom. The summed E-state index contributed by atoms with van der Waals surface area (Å²) >= 11 is 0. The van der Waals surface area contributed by atoms with Crippen LogP contribution in [0.5, 0.6) is 0 Å². The van der Waals surface area contributed by atoms with E-state index in [1.165, 1.54) is 77.0 Å². The maximum Gasteiger partial charge on any atom is 0.334 e. The van der Waals surface area contributed by atoms with Crippen molar-refractivity contribution in [2.75, 3.05) is 26.4 Å². The molecule has 40 heavy (non-hydrogen) atoms. The van der Waals surface area contributed by atoms with Gasteiger partial charge < -0.3 is 17.7 Å². The van der Waals surface area contributed by atoms with Crippen LogP contribution in [0.2, 0.25) is 25.2 Å². The number of Topliss-reactive ketones (excluding diaryl/α,β-unsaturated/α-hetero) is 1. The summed E-state index contributed by atoms with van der Waals surface area (Å²) in [7, 11) is -3.90. The minimum absolute atomic E-state index is 0.267. The highest BCUT2D eigenvalue weighted by Gasteiger charge is 2.30. The van der Waals surface area contributed by atoms with Gasteiger partial charge in [-0.1, -0.05) is 90.9 Å². The Kier molecular flexibility index (Phi) is 25.4. The number of ketones is 1. The van der Waals surface area contributed by atoms with Crippen LogP contribution in [0.15, 0.2) is 0 Å². The lowest BCUT2D eigenvalue weighted by Crippen LogP contribution is -2.38. The second kappa shape index (κ2) is 25.4. The first-order chi connectivity index (χ1) is 19.2. The number of hydrogen-bond donors (Lipinski definition) is 0. The summed E-state index contributed by atoms with van der Waals surface area (Å²) in [5.41, 5.74) is 0. The fourth-order valence-electron chi connectivity index (χ4n) is 6.11. The van der Waals surface area contributed by atoms with E-state index >= 15 is 0 Å². The molecular formula is C33H70O5Si2. The largest absolute Gasteiger partial charge is 0.395 e. The maximum absolute atomic E-state index is 13.3. The predicted molar refractivity (Wildman–Crippen MR) is 177 cm³/mol. The van der Waals surface area contributed by atoms with Gasteiger partial charge in [0.1, 0.15) is 5.78 Å². The normalized spacial score (nSPS) is 14.0. The lowest BCUT2D eigenvalue weighted by atomic mass is 9.83. The van der Waals surface area contributed by atoms with Gasteiger partial charge in [0.05, 0.1) is 0 Å². The topological polar surface area (TPSA) is 54.0 Å². The molecule has 0 N–H and O–H groups in total. The quantitative estimate of drug-likeness (QED) is 0.0604. The minimum atomic E-state index is -1.95. The first-order valence-corrected chi connectivity index (χ1v) is 22.4. The zero-order chi connectivity index (χ0) is 30.1. The molecule has 0 fully saturated rings. The van der Waals surface area contributed by atoms with E-state index in [2.05, 4.69) is 54.6 Å². The van der Waals surface area contributed by atoms with Gasteiger partial charge in [0.15, 0.2) is 0 Å². The molecule has 0 aliphatic rings. The van der Waals surface area contributed by atoms with Crippen LogP contribution in [-0.4, -0.2) is 49.3 Å². The fourth-order valence-corrected chi connectivity index (χ4v) is 11.1. The van der Waals surface area contributed by atoms with Crippen LogP contribution < -0.4 is 0 Å². The Labute approximate surface area is 252 Å². The van der Waals surface area contributed by atoms with E-state index in [0.717, 1.165) is 64.2 Å². The fraction of sp³-hybridized carbons (Fsp3) is 0.970. The van der Waals surface area contributed by atoms with Gasteiger partial charge in [-0.2, -0.15) is 0 Å². The molecule has 0 radical (unpaired) electrons. The van der Waals surface area contributed by atoms with E-state index in [1.807, 2.05) is 0 Å². The molecule has 0 aromatic carbocycles. The van der Waals surface area contributed by atoms with Gasteiger partial charge in [0.2, 0.25) is 0 Å². The lowest BCUT2D eigenvalue weighted by Gasteiger charge is -2.25. The molecule has 0 aliphatic heterocycles. The molecule has 0 aromatic rings. The van der Waals surface area contributed by atoms with Crippen molar-refractivity contribution in [3.05, 3.63) is 0 Å². The average molecular weight is 603 g/mol. The van der Waals surface area contributed by atoms with E-state index < -0.39 is 17.1 Å². The summed E-state index contributed by atoms with van der Waals surface area (Å²) in [6, 6.07) is 2.20. The first-order valence-electron chi connectivity index (χ1n) is 17.3. The van der Waals surface area contributed by atoms with Crippen molar-refractivity contribution in [3.63, 3.8) is 0 Å². The molecule has 2 atom stereocenters. The Balaban J connectivity index is 4.08. The van der Waals surface area contributed by atoms with Crippen molar-refractivity contribution in [1.29, 1.82) is 0 Å². The van der Waals surface area contributed by atoms with Crippen LogP contribution in [0, 0.1) is 11.8 Å². The number of carbonyl (C=O) groups excluding carboxylic acids is 1. The van der Waals surface area contributed by atoms with E-state index in [1.54, 1.807) is 0 Å². The molecule has 0 amide bonds. The van der Waals surface area contributed by atoms with Crippen molar-refractivity contribution >= 4 is 22.9 Å². The van der Waals surface area contributed by atoms with Crippen molar-refractivity contribution in [3.8, 4) is 0 Å². The highest BCUT2D eigenvalue weighted by molar-refractivity contribution is 6.66. The van der Waals surface area contributed by atoms with Gasteiger partial charge >= 0.3 is 17.1 Å². The van der Waals surface area contributed by atoms with Crippen LogP contribution in [0.25, 0.3) is 0 Å². The van der Waals surface area contributed by atoms with E-state index in [-0.39, 0.29) is 11.8 Å². The summed E-state index contributed by atoms with van der Waals surface area (Å²) in [5, 5.41) is 0. The summed E-state index contributed by atoms with van der Waals surface area (Å²) in [6.45, 7) is 20.1. The van der Waals surface area contributed by atoms with Gasteiger partial charge in [-0.25, -0.2) is 0 Å². The van der Waals surface area contributed by atoms with Crippen molar-refractivity contribution in [1.82, 2.24) is 0 Å². The lowest BCUT2D eigenvalue weighted by molar-refractivity contribution is -0.127. The first kappa shape index (κ1) is 39.9. The second-order valence-corrected chi connectivity index (χ2v) is 18.6. The Bertz CT molecular complexity index is 529. The molecule has 7 heteroatoms. The molecule has 240 valence electrons. The molecule has 0 rings (SSSR count). The predicted octanol–water partition coefficient (Wildman–Crippen LogP) is 10.4. The number of hydrogen-bond acceptors (Lipinski definition) is 5. The van der Waals surface area contributed by atoms with Gasteiger partial charge in [0.25, 0.3) is 0 Å². The van der Waals surface area contributed by atoms with Gasteiger partial charge in [-0.15, -0.1) is 0 Å². The van der Waals surface area contributed by atoms with E-state index in [4.69, 9.17) is 17.7 Å². The number of carbonyl (C=O) groups is 1. The van der Waals surface area contributed by atoms with Crippen LogP contribution in [0.3, 0.4) is 0 Å². The van der Waals surface area contributed by atoms with Gasteiger partial charge in [0, 0.05) is 38.3 Å². The Hall–Kier alpha value is -0.0562. The molecule has 0 saturated carbocycles. The third-order valence-electron chi connectivity index (χ3n) is 8.46. The van der Waals surface area contributed by atoms with Crippen molar-refractivity contribution in [2.24, 2.45) is 11.8 Å². The Morgan fingerprint density at radius 1 is 0.475 bits per heavy atom. The second-order valence-electron chi connectivity index (χ2n) is 11.9. The van der Waals surface area contributed by atoms with Gasteiger partial charge in [-0.05, 0) is 78.6 Å². The molecule has 2 unspecified atom stereocenters. The molecule has 0 spiro atoms. The monoisotopic (exact) mass is 602 g/mol. The van der Waals surface area contributed by atoms with Crippen molar-refractivity contribution < 1.29 is 22.5 Å². The number of rotatable bonds is 30. The summed E-state index contributed by atoms with van der Waals surface area (Å²) < 4.78 is 23.8. The molecule has 0 aromatic heterocycles. The molecule has 5 nitrogen and oxygen atoms in total. The highest BCUT2D eigenvalue weighted by atomic mass is 28.4. The standard InChI is InChI=1S/C33H70O5Si2/c1-9-31(27-23-19-15-17-21-25-29-39(7,35-11-3)36-12-4)33(34)32(10-2)28-24-20-16-18-22-26-30-40(8,37-13-5)38-14-6/h31-32H,9-30H2,1-8H3. The van der Waals surface area contributed by atoms with E-state index in [9.17, 15) is 4.79 Å². The SMILES string of the molecule is CCO[Si](C)(CCCCCCCCC(CC)C(=O)C(CC)CCCCCCCC[Si](C)(OCC)OCC)OCC. The zero-order valence-electron chi connectivity index (χ0n) is 28.3. The zero-order valence-corrected chi connectivity index (χ0v) is 30.3. The van der Waals surface area contributed by atoms with Crippen LogP contribution in [-0.2, 0) is 22.5 Å². The Morgan fingerprint density at radius 3 is 1.02 bits per heavy atom. The van der Waals surface area contributed by atoms with Crippen LogP contribution in [0.4, 0.5) is 0 Å². The third-order valence-corrected chi connectivity index (χ3v) is 14.6. The van der Waals surface area contributed by atoms with E-state index in [0.29, 0.717) is 5.78 Å². The number of unbranched alkanes of at least 4 members (excludes halogenated alkanes) is 10. The summed E-state index contributed by atoms with van der Waals surface area (Å²) in [6.07, 6.45) is 19.1.